The van der Waals surface area contributed by atoms with E-state index in [-0.39, 0.29) is 16.2 Å². The maximum Gasteiger partial charge on any atom is 0.269 e. The lowest BCUT2D eigenvalue weighted by Gasteiger charge is -2.16. The van der Waals surface area contributed by atoms with Crippen LogP contribution in [0.3, 0.4) is 0 Å². The van der Waals surface area contributed by atoms with Gasteiger partial charge in [-0.2, -0.15) is 0 Å². The molecule has 0 fully saturated rings. The number of benzene rings is 2. The van der Waals surface area contributed by atoms with Crippen molar-refractivity contribution in [1.29, 1.82) is 0 Å². The van der Waals surface area contributed by atoms with E-state index in [0.29, 0.717) is 10.9 Å². The van der Waals surface area contributed by atoms with E-state index in [1.807, 2.05) is 0 Å². The van der Waals surface area contributed by atoms with Gasteiger partial charge in [-0.1, -0.05) is 30.3 Å². The molecule has 0 aliphatic rings. The first-order chi connectivity index (χ1) is 13.0. The highest BCUT2D eigenvalue weighted by atomic mass is 32.2. The van der Waals surface area contributed by atoms with E-state index in [1.165, 1.54) is 42.6 Å². The smallest absolute Gasteiger partial charge is 0.269 e. The average Bonchev–Trinajstić information content (AvgIpc) is 3.09. The first-order valence-electron chi connectivity index (χ1n) is 8.19. The Hall–Kier alpha value is -3.03. The van der Waals surface area contributed by atoms with Gasteiger partial charge in [-0.25, -0.2) is 21.8 Å². The van der Waals surface area contributed by atoms with E-state index in [1.54, 1.807) is 36.4 Å². The highest BCUT2D eigenvalue weighted by Crippen LogP contribution is 2.31. The highest BCUT2D eigenvalue weighted by Gasteiger charge is 2.27. The Bertz CT molecular complexity index is 1200. The van der Waals surface area contributed by atoms with Gasteiger partial charge in [0.2, 0.25) is 0 Å². The van der Waals surface area contributed by atoms with Gasteiger partial charge in [0, 0.05) is 11.6 Å². The summed E-state index contributed by atoms with van der Waals surface area (Å²) in [7, 11) is -3.99. The van der Waals surface area contributed by atoms with Gasteiger partial charge in [0.15, 0.2) is 5.65 Å². The Labute approximate surface area is 155 Å². The molecule has 0 saturated carbocycles. The molecule has 0 aliphatic carbocycles. The lowest BCUT2D eigenvalue weighted by Crippen LogP contribution is -2.18. The average molecular weight is 382 g/mol. The predicted molar refractivity (Wildman–Crippen MR) is 99.2 cm³/mol. The lowest BCUT2D eigenvalue weighted by atomic mass is 10.1. The standard InChI is InChI=1S/C20H15FN2O3S/c21-16-10-8-14(9-11-16)19(24)18-13-15-5-4-12-22-20(15)23(18)27(25,26)17-6-2-1-3-7-17/h1-13,19,24H. The number of aromatic nitrogens is 2. The largest absolute Gasteiger partial charge is 0.382 e. The monoisotopic (exact) mass is 382 g/mol. The Morgan fingerprint density at radius 3 is 2.37 bits per heavy atom. The van der Waals surface area contributed by atoms with Crippen molar-refractivity contribution in [1.82, 2.24) is 8.96 Å². The number of hydrogen-bond acceptors (Lipinski definition) is 4. The number of fused-ring (bicyclic) bond motifs is 1. The van der Waals surface area contributed by atoms with E-state index < -0.39 is 21.9 Å². The van der Waals surface area contributed by atoms with Crippen molar-refractivity contribution >= 4 is 21.1 Å². The van der Waals surface area contributed by atoms with Gasteiger partial charge in [0.25, 0.3) is 10.0 Å². The van der Waals surface area contributed by atoms with Gasteiger partial charge in [-0.3, -0.25) is 0 Å². The zero-order chi connectivity index (χ0) is 19.0. The number of hydrogen-bond donors (Lipinski definition) is 1. The van der Waals surface area contributed by atoms with Crippen molar-refractivity contribution in [2.45, 2.75) is 11.0 Å². The minimum Gasteiger partial charge on any atom is -0.382 e. The van der Waals surface area contributed by atoms with Crippen LogP contribution in [0.1, 0.15) is 17.4 Å². The third kappa shape index (κ3) is 3.01. The van der Waals surface area contributed by atoms with Crippen LogP contribution < -0.4 is 0 Å². The molecule has 7 heteroatoms. The molecule has 2 heterocycles. The van der Waals surface area contributed by atoms with E-state index >= 15 is 0 Å². The number of aliphatic hydroxyl groups excluding tert-OH is 1. The zero-order valence-corrected chi connectivity index (χ0v) is 14.8. The molecule has 1 unspecified atom stereocenters. The molecule has 27 heavy (non-hydrogen) atoms. The summed E-state index contributed by atoms with van der Waals surface area (Å²) in [6.07, 6.45) is 0.228. The van der Waals surface area contributed by atoms with Gasteiger partial charge in [0.05, 0.1) is 10.6 Å². The van der Waals surface area contributed by atoms with Crippen molar-refractivity contribution in [2.75, 3.05) is 0 Å². The number of aliphatic hydroxyl groups is 1. The number of pyridine rings is 1. The minimum absolute atomic E-state index is 0.0840. The van der Waals surface area contributed by atoms with Crippen LogP contribution in [0, 0.1) is 5.82 Å². The second-order valence-corrected chi connectivity index (χ2v) is 7.81. The summed E-state index contributed by atoms with van der Waals surface area (Å²) in [5.41, 5.74) is 0.736. The molecular formula is C20H15FN2O3S. The third-order valence-electron chi connectivity index (χ3n) is 4.29. The summed E-state index contributed by atoms with van der Waals surface area (Å²) in [6, 6.07) is 18.2. The number of nitrogens with zero attached hydrogens (tertiary/aromatic N) is 2. The first-order valence-corrected chi connectivity index (χ1v) is 9.63. The maximum atomic E-state index is 13.3. The highest BCUT2D eigenvalue weighted by molar-refractivity contribution is 7.90. The maximum absolute atomic E-state index is 13.3. The molecular weight excluding hydrogens is 367 g/mol. The fourth-order valence-corrected chi connectivity index (χ4v) is 4.51. The predicted octanol–water partition coefficient (Wildman–Crippen LogP) is 3.49. The van der Waals surface area contributed by atoms with Gasteiger partial charge in [-0.05, 0) is 48.0 Å². The minimum atomic E-state index is -3.99. The Morgan fingerprint density at radius 1 is 0.963 bits per heavy atom. The van der Waals surface area contributed by atoms with Crippen molar-refractivity contribution in [3.05, 3.63) is 96.1 Å². The molecule has 1 N–H and O–H groups in total. The van der Waals surface area contributed by atoms with E-state index in [0.717, 1.165) is 3.97 Å². The summed E-state index contributed by atoms with van der Waals surface area (Å²) < 4.78 is 40.8. The second-order valence-electron chi connectivity index (χ2n) is 6.02. The SMILES string of the molecule is O=S(=O)(c1ccccc1)n1c(C(O)c2ccc(F)cc2)cc2cccnc21. The van der Waals surface area contributed by atoms with Gasteiger partial charge >= 0.3 is 0 Å². The van der Waals surface area contributed by atoms with Crippen LogP contribution in [0.15, 0.2) is 83.9 Å². The van der Waals surface area contributed by atoms with Crippen LogP contribution in [-0.4, -0.2) is 22.5 Å². The molecule has 2 aromatic carbocycles. The van der Waals surface area contributed by atoms with Crippen molar-refractivity contribution in [3.63, 3.8) is 0 Å². The van der Waals surface area contributed by atoms with Crippen LogP contribution in [0.5, 0.6) is 0 Å². The summed E-state index contributed by atoms with van der Waals surface area (Å²) in [5, 5.41) is 11.4. The van der Waals surface area contributed by atoms with E-state index in [9.17, 15) is 17.9 Å². The van der Waals surface area contributed by atoms with Gasteiger partial charge < -0.3 is 5.11 Å². The van der Waals surface area contributed by atoms with Crippen molar-refractivity contribution < 1.29 is 17.9 Å². The Balaban J connectivity index is 1.97. The molecule has 0 spiro atoms. The molecule has 0 aliphatic heterocycles. The molecule has 0 saturated heterocycles. The van der Waals surface area contributed by atoms with Crippen LogP contribution in [-0.2, 0) is 10.0 Å². The van der Waals surface area contributed by atoms with Crippen LogP contribution in [0.25, 0.3) is 11.0 Å². The zero-order valence-electron chi connectivity index (χ0n) is 14.0. The second kappa shape index (κ2) is 6.61. The molecule has 0 amide bonds. The molecule has 0 bridgehead atoms. The first kappa shape index (κ1) is 17.4. The quantitative estimate of drug-likeness (QED) is 0.586. The van der Waals surface area contributed by atoms with Crippen LogP contribution >= 0.6 is 0 Å². The fraction of sp³-hybridized carbons (Fsp3) is 0.0500. The fourth-order valence-electron chi connectivity index (χ4n) is 2.99. The van der Waals surface area contributed by atoms with Gasteiger partial charge in [-0.15, -0.1) is 0 Å². The van der Waals surface area contributed by atoms with E-state index in [4.69, 9.17) is 0 Å². The number of halogens is 1. The summed E-state index contributed by atoms with van der Waals surface area (Å²) in [6.45, 7) is 0. The summed E-state index contributed by atoms with van der Waals surface area (Å²) >= 11 is 0. The van der Waals surface area contributed by atoms with Gasteiger partial charge in [0.1, 0.15) is 11.9 Å². The Morgan fingerprint density at radius 2 is 1.67 bits per heavy atom. The molecule has 136 valence electrons. The normalized spacial score (nSPS) is 13.0. The summed E-state index contributed by atoms with van der Waals surface area (Å²) in [4.78, 5) is 4.28. The van der Waals surface area contributed by atoms with Crippen molar-refractivity contribution in [3.8, 4) is 0 Å². The van der Waals surface area contributed by atoms with Crippen molar-refractivity contribution in [2.24, 2.45) is 0 Å². The number of rotatable bonds is 4. The molecule has 1 atom stereocenters. The lowest BCUT2D eigenvalue weighted by molar-refractivity contribution is 0.214. The summed E-state index contributed by atoms with van der Waals surface area (Å²) in [5.74, 6) is -0.440. The third-order valence-corrected chi connectivity index (χ3v) is 6.03. The van der Waals surface area contributed by atoms with Crippen LogP contribution in [0.4, 0.5) is 4.39 Å². The molecule has 4 aromatic rings. The molecule has 2 aromatic heterocycles. The molecule has 4 rings (SSSR count). The molecule has 5 nitrogen and oxygen atoms in total. The van der Waals surface area contributed by atoms with E-state index in [2.05, 4.69) is 4.98 Å². The topological polar surface area (TPSA) is 72.2 Å². The Kier molecular flexibility index (Phi) is 4.25. The van der Waals surface area contributed by atoms with Crippen LogP contribution in [0.2, 0.25) is 0 Å². The molecule has 0 radical (unpaired) electrons.